The van der Waals surface area contributed by atoms with E-state index in [4.69, 9.17) is 4.74 Å². The van der Waals surface area contributed by atoms with Crippen LogP contribution in [0.3, 0.4) is 0 Å². The molecule has 1 heterocycles. The summed E-state index contributed by atoms with van der Waals surface area (Å²) in [4.78, 5) is 25.0. The highest BCUT2D eigenvalue weighted by Crippen LogP contribution is 2.34. The van der Waals surface area contributed by atoms with E-state index >= 15 is 0 Å². The number of amides is 2. The molecule has 0 aromatic heterocycles. The van der Waals surface area contributed by atoms with Crippen LogP contribution in [0.15, 0.2) is 36.4 Å². The minimum absolute atomic E-state index is 0.00198. The van der Waals surface area contributed by atoms with Crippen LogP contribution in [-0.4, -0.2) is 18.4 Å². The molecule has 112 valence electrons. The molecule has 3 rings (SSSR count). The number of ether oxygens (including phenoxy) is 1. The second kappa shape index (κ2) is 5.22. The molecule has 6 heteroatoms. The van der Waals surface area contributed by atoms with Crippen molar-refractivity contribution >= 4 is 17.5 Å². The summed E-state index contributed by atoms with van der Waals surface area (Å²) in [5, 5.41) is 0. The third-order valence-corrected chi connectivity index (χ3v) is 3.32. The van der Waals surface area contributed by atoms with Crippen LogP contribution in [0, 0.1) is 11.6 Å². The molecule has 0 saturated heterocycles. The lowest BCUT2D eigenvalue weighted by atomic mass is 10.1. The van der Waals surface area contributed by atoms with Gasteiger partial charge in [-0.1, -0.05) is 12.1 Å². The maximum Gasteiger partial charge on any atom is 0.266 e. The molecule has 0 fully saturated rings. The first-order valence-corrected chi connectivity index (χ1v) is 6.64. The summed E-state index contributed by atoms with van der Waals surface area (Å²) in [6, 6.07) is 7.95. The van der Waals surface area contributed by atoms with Gasteiger partial charge in [-0.05, 0) is 19.1 Å². The highest BCUT2D eigenvalue weighted by Gasteiger charge is 2.39. The number of fused-ring (bicyclic) bond motifs is 1. The molecule has 0 N–H and O–H groups in total. The van der Waals surface area contributed by atoms with Crippen LogP contribution >= 0.6 is 0 Å². The van der Waals surface area contributed by atoms with E-state index in [9.17, 15) is 18.4 Å². The zero-order valence-corrected chi connectivity index (χ0v) is 11.6. The summed E-state index contributed by atoms with van der Waals surface area (Å²) in [6.07, 6.45) is 0. The van der Waals surface area contributed by atoms with E-state index in [1.54, 1.807) is 19.1 Å². The Morgan fingerprint density at radius 2 is 1.50 bits per heavy atom. The lowest BCUT2D eigenvalue weighted by molar-refractivity contribution is 0.0923. The van der Waals surface area contributed by atoms with Gasteiger partial charge in [-0.15, -0.1) is 0 Å². The van der Waals surface area contributed by atoms with Crippen LogP contribution < -0.4 is 9.64 Å². The number of halogens is 2. The fourth-order valence-electron chi connectivity index (χ4n) is 2.40. The molecule has 2 aromatic rings. The van der Waals surface area contributed by atoms with Gasteiger partial charge >= 0.3 is 0 Å². The average Bonchev–Trinajstić information content (AvgIpc) is 2.73. The fraction of sp³-hybridized carbons (Fsp3) is 0.125. The number of imide groups is 1. The number of rotatable bonds is 3. The summed E-state index contributed by atoms with van der Waals surface area (Å²) >= 11 is 0. The SMILES string of the molecule is CCOc1cc(F)c(N2C(=O)c3ccccc3C2=O)c(F)c1. The van der Waals surface area contributed by atoms with Crippen molar-refractivity contribution in [1.29, 1.82) is 0 Å². The Hall–Kier alpha value is -2.76. The number of hydrogen-bond donors (Lipinski definition) is 0. The molecule has 1 aliphatic rings. The van der Waals surface area contributed by atoms with E-state index < -0.39 is 29.1 Å². The molecular weight excluding hydrogens is 292 g/mol. The normalized spacial score (nSPS) is 13.5. The van der Waals surface area contributed by atoms with E-state index in [0.717, 1.165) is 12.1 Å². The molecule has 2 amide bonds. The molecule has 0 aliphatic carbocycles. The largest absolute Gasteiger partial charge is 0.494 e. The van der Waals surface area contributed by atoms with Crippen LogP contribution in [0.2, 0.25) is 0 Å². The lowest BCUT2D eigenvalue weighted by Gasteiger charge is -2.16. The van der Waals surface area contributed by atoms with E-state index in [-0.39, 0.29) is 23.5 Å². The first-order chi connectivity index (χ1) is 10.5. The zero-order chi connectivity index (χ0) is 15.9. The molecule has 0 saturated carbocycles. The summed E-state index contributed by atoms with van der Waals surface area (Å²) in [5.41, 5.74) is -0.435. The molecular formula is C16H11F2NO3. The van der Waals surface area contributed by atoms with Crippen LogP contribution in [0.4, 0.5) is 14.5 Å². The van der Waals surface area contributed by atoms with E-state index in [1.165, 1.54) is 12.1 Å². The topological polar surface area (TPSA) is 46.6 Å². The number of hydrogen-bond acceptors (Lipinski definition) is 3. The highest BCUT2D eigenvalue weighted by atomic mass is 19.1. The molecule has 4 nitrogen and oxygen atoms in total. The lowest BCUT2D eigenvalue weighted by Crippen LogP contribution is -2.31. The molecule has 2 aromatic carbocycles. The van der Waals surface area contributed by atoms with Crippen molar-refractivity contribution in [1.82, 2.24) is 0 Å². The Bertz CT molecular complexity index is 731. The predicted octanol–water partition coefficient (Wildman–Crippen LogP) is 3.16. The summed E-state index contributed by atoms with van der Waals surface area (Å²) < 4.78 is 33.4. The third-order valence-electron chi connectivity index (χ3n) is 3.32. The van der Waals surface area contributed by atoms with E-state index in [0.29, 0.717) is 4.90 Å². The summed E-state index contributed by atoms with van der Waals surface area (Å²) in [5.74, 6) is -3.56. The molecule has 0 spiro atoms. The van der Waals surface area contributed by atoms with Crippen molar-refractivity contribution in [3.05, 3.63) is 59.2 Å². The van der Waals surface area contributed by atoms with Crippen molar-refractivity contribution in [2.24, 2.45) is 0 Å². The van der Waals surface area contributed by atoms with Crippen molar-refractivity contribution in [2.45, 2.75) is 6.92 Å². The quantitative estimate of drug-likeness (QED) is 0.818. The predicted molar refractivity (Wildman–Crippen MR) is 75.1 cm³/mol. The van der Waals surface area contributed by atoms with E-state index in [2.05, 4.69) is 0 Å². The number of nitrogens with zero attached hydrogens (tertiary/aromatic N) is 1. The number of anilines is 1. The minimum atomic E-state index is -1.03. The van der Waals surface area contributed by atoms with Gasteiger partial charge in [0.25, 0.3) is 11.8 Å². The van der Waals surface area contributed by atoms with Gasteiger partial charge < -0.3 is 4.74 Å². The second-order valence-electron chi connectivity index (χ2n) is 4.66. The molecule has 0 radical (unpaired) electrons. The van der Waals surface area contributed by atoms with E-state index in [1.807, 2.05) is 0 Å². The minimum Gasteiger partial charge on any atom is -0.494 e. The van der Waals surface area contributed by atoms with Gasteiger partial charge in [-0.3, -0.25) is 9.59 Å². The summed E-state index contributed by atoms with van der Waals surface area (Å²) in [7, 11) is 0. The van der Waals surface area contributed by atoms with Crippen LogP contribution in [0.25, 0.3) is 0 Å². The molecule has 0 atom stereocenters. The first kappa shape index (κ1) is 14.2. The van der Waals surface area contributed by atoms with Crippen LogP contribution in [0.1, 0.15) is 27.6 Å². The Morgan fingerprint density at radius 1 is 1.00 bits per heavy atom. The molecule has 0 unspecified atom stereocenters. The zero-order valence-electron chi connectivity index (χ0n) is 11.6. The van der Waals surface area contributed by atoms with Gasteiger partial charge in [0.05, 0.1) is 17.7 Å². The van der Waals surface area contributed by atoms with Gasteiger partial charge in [0, 0.05) is 12.1 Å². The van der Waals surface area contributed by atoms with Gasteiger partial charge in [-0.25, -0.2) is 13.7 Å². The second-order valence-corrected chi connectivity index (χ2v) is 4.66. The van der Waals surface area contributed by atoms with Gasteiger partial charge in [-0.2, -0.15) is 0 Å². The van der Waals surface area contributed by atoms with Gasteiger partial charge in [0.15, 0.2) is 11.6 Å². The Balaban J connectivity index is 2.10. The Morgan fingerprint density at radius 3 is 1.95 bits per heavy atom. The number of carbonyl (C=O) groups is 2. The fourth-order valence-corrected chi connectivity index (χ4v) is 2.40. The average molecular weight is 303 g/mol. The van der Waals surface area contributed by atoms with Crippen molar-refractivity contribution in [2.75, 3.05) is 11.5 Å². The third kappa shape index (κ3) is 2.04. The van der Waals surface area contributed by atoms with Crippen molar-refractivity contribution in [3.8, 4) is 5.75 Å². The number of carbonyl (C=O) groups excluding carboxylic acids is 2. The molecule has 0 bridgehead atoms. The van der Waals surface area contributed by atoms with Crippen molar-refractivity contribution < 1.29 is 23.1 Å². The first-order valence-electron chi connectivity index (χ1n) is 6.64. The van der Waals surface area contributed by atoms with Gasteiger partial charge in [0.2, 0.25) is 0 Å². The molecule has 1 aliphatic heterocycles. The van der Waals surface area contributed by atoms with Crippen LogP contribution in [-0.2, 0) is 0 Å². The maximum absolute atomic E-state index is 14.2. The standard InChI is InChI=1S/C16H11F2NO3/c1-2-22-9-7-12(17)14(13(18)8-9)19-15(20)10-5-3-4-6-11(10)16(19)21/h3-8H,2H2,1H3. The highest BCUT2D eigenvalue weighted by molar-refractivity contribution is 6.34. The summed E-state index contributed by atoms with van der Waals surface area (Å²) in [6.45, 7) is 1.92. The Labute approximate surface area is 124 Å². The van der Waals surface area contributed by atoms with Crippen LogP contribution in [0.5, 0.6) is 5.75 Å². The monoisotopic (exact) mass is 303 g/mol. The van der Waals surface area contributed by atoms with Gasteiger partial charge in [0.1, 0.15) is 11.4 Å². The molecule has 22 heavy (non-hydrogen) atoms. The smallest absolute Gasteiger partial charge is 0.266 e. The van der Waals surface area contributed by atoms with Crippen molar-refractivity contribution in [3.63, 3.8) is 0 Å². The Kier molecular flexibility index (Phi) is 3.36. The number of benzene rings is 2. The maximum atomic E-state index is 14.2.